The highest BCUT2D eigenvalue weighted by Gasteiger charge is 2.15. The van der Waals surface area contributed by atoms with Gasteiger partial charge in [-0.3, -0.25) is 29.6 Å². The Morgan fingerprint density at radius 2 is 1.01 bits per heavy atom. The number of benzene rings is 7. The summed E-state index contributed by atoms with van der Waals surface area (Å²) in [6.07, 6.45) is 11.6. The number of aromatic amines is 2. The van der Waals surface area contributed by atoms with Gasteiger partial charge in [-0.2, -0.15) is 10.2 Å². The van der Waals surface area contributed by atoms with Crippen molar-refractivity contribution in [1.29, 1.82) is 0 Å². The number of aromatic nitrogens is 10. The van der Waals surface area contributed by atoms with Gasteiger partial charge in [-0.1, -0.05) is 109 Å². The summed E-state index contributed by atoms with van der Waals surface area (Å²) in [7, 11) is 0. The predicted octanol–water partition coefficient (Wildman–Crippen LogP) is 15.5. The molecule has 5 aromatic heterocycles. The van der Waals surface area contributed by atoms with Crippen molar-refractivity contribution >= 4 is 119 Å². The van der Waals surface area contributed by atoms with Crippen molar-refractivity contribution < 1.29 is 14.4 Å². The van der Waals surface area contributed by atoms with Crippen molar-refractivity contribution in [2.24, 2.45) is 0 Å². The number of hydrogen-bond acceptors (Lipinski definition) is 14. The third-order valence-electron chi connectivity index (χ3n) is 13.1. The van der Waals surface area contributed by atoms with E-state index < -0.39 is 0 Å². The molecule has 12 rings (SSSR count). The zero-order valence-corrected chi connectivity index (χ0v) is 50.6. The lowest BCUT2D eigenvalue weighted by Crippen LogP contribution is -2.12. The van der Waals surface area contributed by atoms with Gasteiger partial charge in [0.05, 0.1) is 29.4 Å². The smallest absolute Gasteiger partial charge is 0.255 e. The number of nitrogens with zero attached hydrogens (tertiary/aromatic N) is 8. The number of carbonyl (C=O) groups is 3. The van der Waals surface area contributed by atoms with Crippen molar-refractivity contribution in [3.05, 3.63) is 250 Å². The number of carbonyl (C=O) groups excluding carboxylic acids is 3. The molecule has 5 heterocycles. The van der Waals surface area contributed by atoms with Gasteiger partial charge in [0, 0.05) is 73.3 Å². The molecule has 0 aliphatic heterocycles. The van der Waals surface area contributed by atoms with Gasteiger partial charge in [0.2, 0.25) is 0 Å². The Labute approximate surface area is 511 Å². The van der Waals surface area contributed by atoms with E-state index in [1.54, 1.807) is 66.3 Å². The Morgan fingerprint density at radius 3 is 1.54 bits per heavy atom. The number of hydrogen-bond donors (Lipinski definition) is 5. The number of amides is 3. The van der Waals surface area contributed by atoms with Crippen LogP contribution in [0.1, 0.15) is 84.2 Å². The van der Waals surface area contributed by atoms with E-state index in [1.165, 1.54) is 18.2 Å². The summed E-state index contributed by atoms with van der Waals surface area (Å²) in [5.41, 5.74) is 12.4. The van der Waals surface area contributed by atoms with E-state index in [1.807, 2.05) is 159 Å². The van der Waals surface area contributed by atoms with Crippen LogP contribution in [0.4, 0.5) is 17.1 Å². The van der Waals surface area contributed by atoms with Crippen LogP contribution in [0.2, 0.25) is 0 Å². The molecule has 424 valence electrons. The lowest BCUT2D eigenvalue weighted by Gasteiger charge is -2.11. The second-order valence-electron chi connectivity index (χ2n) is 19.8. The standard InChI is InChI=1S/C23H16BrN5OS.C21H19N5OS.C21H21N3OS/c24-19-8-9-20(17-7-2-1-6-16(17)19)28-22(30)15-5-3-4-14(10-15)12-31-23-18-11-27-29-21(18)25-13-26-23;1-13-6-14(2)8-17(7-13)25-20(27)16-5-3-4-15(9-16)11-28-21-18-10-24-26-19(18)22-12-23-21;1-15(2)17-6-8-19(9-7-17)24-21(25)18-5-3-4-16(12-18)14-26-20-13-22-10-11-23-20/h1-11,13H,12H2,(H,28,30)(H,25,26,27,29);3-10,12H,11H2,1-2H3,(H,25,27)(H,22,23,24,26);3-13,15H,14H2,1-2H3,(H,24,25). The second kappa shape index (κ2) is 28.5. The topological polar surface area (TPSA) is 222 Å². The van der Waals surface area contributed by atoms with Gasteiger partial charge in [0.25, 0.3) is 17.7 Å². The largest absolute Gasteiger partial charge is 0.322 e. The fourth-order valence-electron chi connectivity index (χ4n) is 8.91. The Bertz CT molecular complexity index is 4280. The number of rotatable bonds is 16. The SMILES string of the molecule is CC(C)c1ccc(NC(=O)c2cccc(CSc3cnccn3)c2)cc1.Cc1cc(C)cc(NC(=O)c2cccc(CSc3ncnc4[nH]ncc34)c2)c1.O=C(Nc1ccc(Br)c2ccccc12)c1cccc(CSc2ncnc3[nH]ncc23)c1. The second-order valence-corrected chi connectivity index (χ2v) is 23.6. The third kappa shape index (κ3) is 16.0. The maximum absolute atomic E-state index is 12.9. The van der Waals surface area contributed by atoms with Crippen molar-refractivity contribution in [2.45, 2.75) is 65.9 Å². The minimum absolute atomic E-state index is 0.103. The molecule has 0 radical (unpaired) electrons. The number of thioether (sulfide) groups is 3. The quantitative estimate of drug-likeness (QED) is 0.0449. The minimum atomic E-state index is -0.140. The van der Waals surface area contributed by atoms with Gasteiger partial charge in [-0.15, -0.1) is 35.3 Å². The van der Waals surface area contributed by atoms with Crippen molar-refractivity contribution in [3.8, 4) is 0 Å². The molecule has 0 bridgehead atoms. The van der Waals surface area contributed by atoms with E-state index in [4.69, 9.17) is 0 Å². The van der Waals surface area contributed by atoms with E-state index in [0.717, 1.165) is 97.4 Å². The molecule has 0 aliphatic rings. The van der Waals surface area contributed by atoms with Crippen molar-refractivity contribution in [1.82, 2.24) is 50.3 Å². The van der Waals surface area contributed by atoms with E-state index in [2.05, 4.69) is 102 Å². The summed E-state index contributed by atoms with van der Waals surface area (Å²) in [4.78, 5) is 63.4. The average molecular weight is 1240 g/mol. The zero-order chi connectivity index (χ0) is 59.1. The Kier molecular flexibility index (Phi) is 19.8. The normalized spacial score (nSPS) is 10.9. The van der Waals surface area contributed by atoms with Gasteiger partial charge >= 0.3 is 0 Å². The lowest BCUT2D eigenvalue weighted by atomic mass is 10.0. The number of aryl methyl sites for hydroxylation is 2. The van der Waals surface area contributed by atoms with Crippen molar-refractivity contribution in [2.75, 3.05) is 16.0 Å². The van der Waals surface area contributed by atoms with Gasteiger partial charge in [0.1, 0.15) is 27.7 Å². The van der Waals surface area contributed by atoms with E-state index >= 15 is 0 Å². The number of anilines is 3. The zero-order valence-electron chi connectivity index (χ0n) is 46.6. The lowest BCUT2D eigenvalue weighted by molar-refractivity contribution is 0.101. The summed E-state index contributed by atoms with van der Waals surface area (Å²) in [6.45, 7) is 8.34. The average Bonchev–Trinajstić information content (AvgIpc) is 4.33. The molecule has 0 spiro atoms. The molecule has 16 nitrogen and oxygen atoms in total. The number of halogens is 1. The van der Waals surface area contributed by atoms with Crippen molar-refractivity contribution in [3.63, 3.8) is 0 Å². The highest BCUT2D eigenvalue weighted by atomic mass is 79.9. The highest BCUT2D eigenvalue weighted by Crippen LogP contribution is 2.32. The van der Waals surface area contributed by atoms with Gasteiger partial charge in [-0.05, 0) is 131 Å². The molecule has 0 aliphatic carbocycles. The molecular formula is C65H56BrN13O3S3. The van der Waals surface area contributed by atoms with Gasteiger partial charge < -0.3 is 16.0 Å². The molecule has 5 N–H and O–H groups in total. The molecule has 85 heavy (non-hydrogen) atoms. The predicted molar refractivity (Wildman–Crippen MR) is 345 cm³/mol. The maximum atomic E-state index is 12.9. The number of nitrogens with one attached hydrogen (secondary N) is 5. The molecule has 0 unspecified atom stereocenters. The molecule has 0 saturated carbocycles. The number of H-pyrrole nitrogens is 2. The molecule has 3 amide bonds. The molecular weight excluding hydrogens is 1190 g/mol. The van der Waals surface area contributed by atoms with Crippen LogP contribution < -0.4 is 16.0 Å². The highest BCUT2D eigenvalue weighted by molar-refractivity contribution is 9.10. The van der Waals surface area contributed by atoms with Crippen LogP contribution in [0.3, 0.4) is 0 Å². The molecule has 12 aromatic rings. The monoisotopic (exact) mass is 1240 g/mol. The first kappa shape index (κ1) is 59.1. The van der Waals surface area contributed by atoms with Gasteiger partial charge in [0.15, 0.2) is 11.3 Å². The van der Waals surface area contributed by atoms with Crippen LogP contribution in [0, 0.1) is 13.8 Å². The summed E-state index contributed by atoms with van der Waals surface area (Å²) in [6, 6.07) is 48.8. The fraction of sp³-hybridized carbons (Fsp3) is 0.123. The minimum Gasteiger partial charge on any atom is -0.322 e. The molecule has 0 saturated heterocycles. The molecule has 0 atom stereocenters. The molecule has 20 heteroatoms. The van der Waals surface area contributed by atoms with Gasteiger partial charge in [-0.25, -0.2) is 24.9 Å². The maximum Gasteiger partial charge on any atom is 0.255 e. The number of fused-ring (bicyclic) bond motifs is 3. The first-order chi connectivity index (χ1) is 41.4. The fourth-order valence-corrected chi connectivity index (χ4v) is 12.0. The van der Waals surface area contributed by atoms with Crippen LogP contribution in [0.15, 0.2) is 215 Å². The summed E-state index contributed by atoms with van der Waals surface area (Å²) in [5.74, 6) is 2.23. The first-order valence-corrected chi connectivity index (χ1v) is 30.6. The Hall–Kier alpha value is -9.08. The van der Waals surface area contributed by atoms with Crippen LogP contribution in [0.25, 0.3) is 32.8 Å². The van der Waals surface area contributed by atoms with E-state index in [-0.39, 0.29) is 17.7 Å². The van der Waals surface area contributed by atoms with Crippen LogP contribution in [0.5, 0.6) is 0 Å². The van der Waals surface area contributed by atoms with E-state index in [0.29, 0.717) is 39.8 Å². The Balaban J connectivity index is 0.000000142. The van der Waals surface area contributed by atoms with Crippen LogP contribution >= 0.6 is 51.2 Å². The van der Waals surface area contributed by atoms with Crippen LogP contribution in [-0.2, 0) is 17.3 Å². The van der Waals surface area contributed by atoms with E-state index in [9.17, 15) is 14.4 Å². The third-order valence-corrected chi connectivity index (χ3v) is 16.9. The Morgan fingerprint density at radius 1 is 0.494 bits per heavy atom. The summed E-state index contributed by atoms with van der Waals surface area (Å²) in [5, 5.41) is 29.2. The summed E-state index contributed by atoms with van der Waals surface area (Å²) < 4.78 is 0.997. The van der Waals surface area contributed by atoms with Crippen LogP contribution in [-0.4, -0.2) is 68.0 Å². The summed E-state index contributed by atoms with van der Waals surface area (Å²) >= 11 is 8.35. The molecule has 0 fully saturated rings. The first-order valence-electron chi connectivity index (χ1n) is 26.9. The molecule has 7 aromatic carbocycles.